The SMILES string of the molecule is CC(C)(C)c1nnc(NC(=O)c2sccc2C2CC2)s1. The van der Waals surface area contributed by atoms with Crippen molar-refractivity contribution in [2.75, 3.05) is 5.32 Å². The van der Waals surface area contributed by atoms with Crippen LogP contribution in [0.2, 0.25) is 0 Å². The molecule has 0 radical (unpaired) electrons. The van der Waals surface area contributed by atoms with Gasteiger partial charge in [-0.1, -0.05) is 32.1 Å². The summed E-state index contributed by atoms with van der Waals surface area (Å²) in [5.74, 6) is 0.528. The number of nitrogens with zero attached hydrogens (tertiary/aromatic N) is 2. The minimum Gasteiger partial charge on any atom is -0.296 e. The monoisotopic (exact) mass is 307 g/mol. The molecule has 2 heterocycles. The predicted molar refractivity (Wildman–Crippen MR) is 82.9 cm³/mol. The topological polar surface area (TPSA) is 54.9 Å². The highest BCUT2D eigenvalue weighted by Crippen LogP contribution is 2.43. The third kappa shape index (κ3) is 2.76. The van der Waals surface area contributed by atoms with Gasteiger partial charge in [-0.25, -0.2) is 0 Å². The maximum atomic E-state index is 12.3. The Morgan fingerprint density at radius 2 is 2.10 bits per heavy atom. The zero-order chi connectivity index (χ0) is 14.3. The maximum absolute atomic E-state index is 12.3. The lowest BCUT2D eigenvalue weighted by Gasteiger charge is -2.12. The molecule has 2 aromatic heterocycles. The Kier molecular flexibility index (Phi) is 3.38. The fraction of sp³-hybridized carbons (Fsp3) is 0.500. The summed E-state index contributed by atoms with van der Waals surface area (Å²) in [7, 11) is 0. The molecule has 0 aliphatic heterocycles. The molecular weight excluding hydrogens is 290 g/mol. The molecule has 0 spiro atoms. The van der Waals surface area contributed by atoms with Gasteiger partial charge in [0.1, 0.15) is 5.01 Å². The highest BCUT2D eigenvalue weighted by atomic mass is 32.1. The fourth-order valence-corrected chi connectivity index (χ4v) is 3.63. The molecule has 20 heavy (non-hydrogen) atoms. The molecule has 106 valence electrons. The van der Waals surface area contributed by atoms with Gasteiger partial charge in [0.15, 0.2) is 0 Å². The van der Waals surface area contributed by atoms with Crippen LogP contribution in [0.25, 0.3) is 0 Å². The number of nitrogens with one attached hydrogen (secondary N) is 1. The Bertz CT molecular complexity index is 635. The van der Waals surface area contributed by atoms with Crippen molar-refractivity contribution in [1.29, 1.82) is 0 Å². The molecule has 0 aromatic carbocycles. The van der Waals surface area contributed by atoms with Crippen molar-refractivity contribution >= 4 is 33.7 Å². The molecule has 1 amide bonds. The van der Waals surface area contributed by atoms with Gasteiger partial charge in [0.25, 0.3) is 5.91 Å². The van der Waals surface area contributed by atoms with Crippen molar-refractivity contribution < 1.29 is 4.79 Å². The average molecular weight is 307 g/mol. The fourth-order valence-electron chi connectivity index (χ4n) is 1.95. The highest BCUT2D eigenvalue weighted by Gasteiger charge is 2.29. The number of thiophene rings is 1. The number of anilines is 1. The minimum absolute atomic E-state index is 0.0389. The van der Waals surface area contributed by atoms with Gasteiger partial charge < -0.3 is 0 Å². The van der Waals surface area contributed by atoms with E-state index in [0.29, 0.717) is 11.0 Å². The number of carbonyl (C=O) groups excluding carboxylic acids is 1. The van der Waals surface area contributed by atoms with E-state index in [-0.39, 0.29) is 11.3 Å². The van der Waals surface area contributed by atoms with Crippen LogP contribution in [0.4, 0.5) is 5.13 Å². The lowest BCUT2D eigenvalue weighted by molar-refractivity contribution is 0.102. The average Bonchev–Trinajstić information content (AvgIpc) is 2.91. The molecule has 0 saturated heterocycles. The van der Waals surface area contributed by atoms with E-state index in [2.05, 4.69) is 42.4 Å². The molecule has 0 bridgehead atoms. The smallest absolute Gasteiger partial charge is 0.267 e. The summed E-state index contributed by atoms with van der Waals surface area (Å²) in [6.07, 6.45) is 2.40. The van der Waals surface area contributed by atoms with Crippen molar-refractivity contribution in [3.05, 3.63) is 26.9 Å². The summed E-state index contributed by atoms with van der Waals surface area (Å²) in [6, 6.07) is 2.07. The van der Waals surface area contributed by atoms with Crippen molar-refractivity contribution in [2.24, 2.45) is 0 Å². The Morgan fingerprint density at radius 3 is 2.70 bits per heavy atom. The van der Waals surface area contributed by atoms with E-state index in [4.69, 9.17) is 0 Å². The summed E-state index contributed by atoms with van der Waals surface area (Å²) in [4.78, 5) is 13.1. The first-order valence-corrected chi connectivity index (χ1v) is 8.37. The molecule has 4 nitrogen and oxygen atoms in total. The largest absolute Gasteiger partial charge is 0.296 e. The van der Waals surface area contributed by atoms with Crippen LogP contribution < -0.4 is 5.32 Å². The van der Waals surface area contributed by atoms with Gasteiger partial charge in [0, 0.05) is 5.41 Å². The molecule has 0 unspecified atom stereocenters. The number of carbonyl (C=O) groups is 1. The van der Waals surface area contributed by atoms with E-state index in [0.717, 1.165) is 9.88 Å². The number of aromatic nitrogens is 2. The lowest BCUT2D eigenvalue weighted by atomic mass is 9.98. The second-order valence-electron chi connectivity index (χ2n) is 6.10. The molecule has 1 N–H and O–H groups in total. The molecule has 3 rings (SSSR count). The van der Waals surface area contributed by atoms with Crippen LogP contribution in [0, 0.1) is 0 Å². The van der Waals surface area contributed by atoms with Crippen molar-refractivity contribution in [2.45, 2.75) is 44.9 Å². The van der Waals surface area contributed by atoms with Gasteiger partial charge in [-0.3, -0.25) is 10.1 Å². The van der Waals surface area contributed by atoms with E-state index in [1.54, 1.807) is 0 Å². The first-order chi connectivity index (χ1) is 9.45. The molecule has 2 aromatic rings. The van der Waals surface area contributed by atoms with Gasteiger partial charge in [-0.2, -0.15) is 0 Å². The van der Waals surface area contributed by atoms with E-state index in [9.17, 15) is 4.79 Å². The molecule has 1 saturated carbocycles. The van der Waals surface area contributed by atoms with Crippen LogP contribution in [0.1, 0.15) is 59.8 Å². The molecule has 6 heteroatoms. The second-order valence-corrected chi connectivity index (χ2v) is 7.99. The molecule has 0 atom stereocenters. The Balaban J connectivity index is 1.75. The van der Waals surface area contributed by atoms with Gasteiger partial charge in [-0.05, 0) is 35.8 Å². The predicted octanol–water partition coefficient (Wildman–Crippen LogP) is 4.03. The standard InChI is InChI=1S/C14H17N3OS2/c1-14(2,3)12-16-17-13(20-12)15-11(18)10-9(6-7-19-10)8-4-5-8/h6-8H,4-5H2,1-3H3,(H,15,17,18). The van der Waals surface area contributed by atoms with Crippen molar-refractivity contribution in [3.8, 4) is 0 Å². The van der Waals surface area contributed by atoms with Crippen LogP contribution in [-0.4, -0.2) is 16.1 Å². The van der Waals surface area contributed by atoms with Gasteiger partial charge in [0.2, 0.25) is 5.13 Å². The van der Waals surface area contributed by atoms with Crippen LogP contribution in [0.15, 0.2) is 11.4 Å². The van der Waals surface area contributed by atoms with Crippen LogP contribution in [0.3, 0.4) is 0 Å². The Labute approximate surface area is 126 Å². The number of hydrogen-bond acceptors (Lipinski definition) is 5. The quantitative estimate of drug-likeness (QED) is 0.931. The van der Waals surface area contributed by atoms with Gasteiger partial charge in [0.05, 0.1) is 4.88 Å². The molecular formula is C14H17N3OS2. The zero-order valence-corrected chi connectivity index (χ0v) is 13.4. The van der Waals surface area contributed by atoms with Crippen LogP contribution >= 0.6 is 22.7 Å². The zero-order valence-electron chi connectivity index (χ0n) is 11.8. The molecule has 1 aliphatic rings. The van der Waals surface area contributed by atoms with Gasteiger partial charge >= 0.3 is 0 Å². The van der Waals surface area contributed by atoms with Crippen molar-refractivity contribution in [3.63, 3.8) is 0 Å². The molecule has 1 aliphatic carbocycles. The summed E-state index contributed by atoms with van der Waals surface area (Å²) < 4.78 is 0. The first-order valence-electron chi connectivity index (χ1n) is 6.68. The minimum atomic E-state index is -0.0569. The number of rotatable bonds is 3. The summed E-state index contributed by atoms with van der Waals surface area (Å²) in [5, 5.41) is 14.6. The van der Waals surface area contributed by atoms with E-state index in [1.165, 1.54) is 41.1 Å². The normalized spacial score (nSPS) is 15.3. The van der Waals surface area contributed by atoms with Crippen LogP contribution in [-0.2, 0) is 5.41 Å². The number of hydrogen-bond donors (Lipinski definition) is 1. The lowest BCUT2D eigenvalue weighted by Crippen LogP contribution is -2.11. The van der Waals surface area contributed by atoms with Crippen molar-refractivity contribution in [1.82, 2.24) is 10.2 Å². The van der Waals surface area contributed by atoms with Gasteiger partial charge in [-0.15, -0.1) is 21.5 Å². The highest BCUT2D eigenvalue weighted by molar-refractivity contribution is 7.16. The summed E-state index contributed by atoms with van der Waals surface area (Å²) in [6.45, 7) is 6.26. The number of amides is 1. The van der Waals surface area contributed by atoms with E-state index in [1.807, 2.05) is 5.38 Å². The molecule has 1 fully saturated rings. The van der Waals surface area contributed by atoms with E-state index >= 15 is 0 Å². The van der Waals surface area contributed by atoms with Crippen LogP contribution in [0.5, 0.6) is 0 Å². The summed E-state index contributed by atoms with van der Waals surface area (Å²) >= 11 is 2.95. The van der Waals surface area contributed by atoms with E-state index < -0.39 is 0 Å². The summed E-state index contributed by atoms with van der Waals surface area (Å²) in [5.41, 5.74) is 1.15. The Hall–Kier alpha value is -1.27. The second kappa shape index (κ2) is 4.93. The third-order valence-electron chi connectivity index (χ3n) is 3.21. The maximum Gasteiger partial charge on any atom is 0.267 e. The first kappa shape index (κ1) is 13.7. The third-order valence-corrected chi connectivity index (χ3v) is 5.40. The Morgan fingerprint density at radius 1 is 1.35 bits per heavy atom.